The molecule has 1 aliphatic rings. The van der Waals surface area contributed by atoms with Crippen LogP contribution < -0.4 is 4.74 Å². The van der Waals surface area contributed by atoms with Crippen LogP contribution >= 0.6 is 0 Å². The second-order valence-electron chi connectivity index (χ2n) is 4.72. The fourth-order valence-electron chi connectivity index (χ4n) is 2.09. The number of benzene rings is 1. The zero-order chi connectivity index (χ0) is 12.3. The molecule has 92 valence electrons. The Labute approximate surface area is 101 Å². The minimum atomic E-state index is -0.886. The second kappa shape index (κ2) is 5.21. The van der Waals surface area contributed by atoms with E-state index in [1.165, 1.54) is 19.3 Å². The van der Waals surface area contributed by atoms with Gasteiger partial charge in [0.1, 0.15) is 5.75 Å². The van der Waals surface area contributed by atoms with E-state index in [2.05, 4.69) is 0 Å². The number of carbonyl (C=O) groups is 1. The Morgan fingerprint density at radius 1 is 1.47 bits per heavy atom. The predicted molar refractivity (Wildman–Crippen MR) is 65.6 cm³/mol. The molecule has 1 aliphatic carbocycles. The van der Waals surface area contributed by atoms with E-state index in [-0.39, 0.29) is 0 Å². The highest BCUT2D eigenvalue weighted by molar-refractivity contribution is 5.89. The quantitative estimate of drug-likeness (QED) is 0.850. The molecule has 0 aromatic heterocycles. The Kier molecular flexibility index (Phi) is 3.67. The van der Waals surface area contributed by atoms with Gasteiger partial charge in [0.15, 0.2) is 0 Å². The molecule has 1 N–H and O–H groups in total. The van der Waals surface area contributed by atoms with Crippen molar-refractivity contribution >= 4 is 5.97 Å². The van der Waals surface area contributed by atoms with E-state index >= 15 is 0 Å². The summed E-state index contributed by atoms with van der Waals surface area (Å²) in [6.45, 7) is 2.53. The van der Waals surface area contributed by atoms with Crippen LogP contribution in [0.5, 0.6) is 5.75 Å². The van der Waals surface area contributed by atoms with E-state index in [0.717, 1.165) is 30.3 Å². The van der Waals surface area contributed by atoms with Gasteiger partial charge in [0, 0.05) is 0 Å². The van der Waals surface area contributed by atoms with Gasteiger partial charge in [-0.1, -0.05) is 19.3 Å². The molecule has 0 heterocycles. The van der Waals surface area contributed by atoms with Gasteiger partial charge in [0.25, 0.3) is 0 Å². The van der Waals surface area contributed by atoms with Gasteiger partial charge in [-0.15, -0.1) is 0 Å². The highest BCUT2D eigenvalue weighted by Crippen LogP contribution is 2.29. The SMILES string of the molecule is Cc1cc(OCCC2CCC2)ccc1C(=O)O. The van der Waals surface area contributed by atoms with Crippen molar-refractivity contribution in [3.05, 3.63) is 29.3 Å². The van der Waals surface area contributed by atoms with Gasteiger partial charge >= 0.3 is 5.97 Å². The zero-order valence-corrected chi connectivity index (χ0v) is 10.1. The molecule has 0 spiro atoms. The van der Waals surface area contributed by atoms with Crippen LogP contribution in [0.25, 0.3) is 0 Å². The number of aryl methyl sites for hydroxylation is 1. The van der Waals surface area contributed by atoms with Crippen molar-refractivity contribution in [2.75, 3.05) is 6.61 Å². The topological polar surface area (TPSA) is 46.5 Å². The first kappa shape index (κ1) is 12.0. The van der Waals surface area contributed by atoms with Crippen molar-refractivity contribution in [2.24, 2.45) is 5.92 Å². The standard InChI is InChI=1S/C14H18O3/c1-10-9-12(5-6-13(10)14(15)16)17-8-7-11-3-2-4-11/h5-6,9,11H,2-4,7-8H2,1H3,(H,15,16). The maximum absolute atomic E-state index is 10.8. The third kappa shape index (κ3) is 2.99. The number of carboxylic acid groups (broad SMARTS) is 1. The monoisotopic (exact) mass is 234 g/mol. The van der Waals surface area contributed by atoms with Gasteiger partial charge < -0.3 is 9.84 Å². The van der Waals surface area contributed by atoms with Crippen LogP contribution in [0.3, 0.4) is 0 Å². The summed E-state index contributed by atoms with van der Waals surface area (Å²) in [6.07, 6.45) is 5.14. The van der Waals surface area contributed by atoms with Crippen molar-refractivity contribution < 1.29 is 14.6 Å². The first-order valence-electron chi connectivity index (χ1n) is 6.13. The zero-order valence-electron chi connectivity index (χ0n) is 10.1. The number of ether oxygens (including phenoxy) is 1. The minimum Gasteiger partial charge on any atom is -0.494 e. The summed E-state index contributed by atoms with van der Waals surface area (Å²) in [5.41, 5.74) is 1.09. The van der Waals surface area contributed by atoms with E-state index in [1.54, 1.807) is 25.1 Å². The number of hydrogen-bond donors (Lipinski definition) is 1. The van der Waals surface area contributed by atoms with Gasteiger partial charge in [-0.2, -0.15) is 0 Å². The van der Waals surface area contributed by atoms with Gasteiger partial charge in [-0.05, 0) is 43.0 Å². The van der Waals surface area contributed by atoms with Crippen LogP contribution in [0.1, 0.15) is 41.6 Å². The summed E-state index contributed by atoms with van der Waals surface area (Å²) in [6, 6.07) is 5.14. The van der Waals surface area contributed by atoms with Crippen LogP contribution in [-0.2, 0) is 0 Å². The van der Waals surface area contributed by atoms with Crippen molar-refractivity contribution in [1.82, 2.24) is 0 Å². The molecule has 0 bridgehead atoms. The van der Waals surface area contributed by atoms with E-state index < -0.39 is 5.97 Å². The molecule has 1 aromatic rings. The summed E-state index contributed by atoms with van der Waals surface area (Å²) in [4.78, 5) is 10.8. The van der Waals surface area contributed by atoms with Crippen LogP contribution in [0.15, 0.2) is 18.2 Å². The Bertz CT molecular complexity index is 408. The van der Waals surface area contributed by atoms with Crippen LogP contribution in [0, 0.1) is 12.8 Å². The Morgan fingerprint density at radius 2 is 2.24 bits per heavy atom. The molecule has 2 rings (SSSR count). The smallest absolute Gasteiger partial charge is 0.335 e. The van der Waals surface area contributed by atoms with Crippen molar-refractivity contribution in [2.45, 2.75) is 32.6 Å². The van der Waals surface area contributed by atoms with Gasteiger partial charge in [-0.25, -0.2) is 4.79 Å². The molecule has 3 heteroatoms. The lowest BCUT2D eigenvalue weighted by Crippen LogP contribution is -2.14. The molecule has 0 unspecified atom stereocenters. The predicted octanol–water partition coefficient (Wildman–Crippen LogP) is 3.26. The van der Waals surface area contributed by atoms with E-state index in [4.69, 9.17) is 9.84 Å². The molecule has 1 saturated carbocycles. The highest BCUT2D eigenvalue weighted by Gasteiger charge is 2.17. The number of carboxylic acids is 1. The molecule has 0 saturated heterocycles. The molecule has 0 aliphatic heterocycles. The van der Waals surface area contributed by atoms with Crippen molar-refractivity contribution in [3.8, 4) is 5.75 Å². The van der Waals surface area contributed by atoms with E-state index in [0.29, 0.717) is 5.56 Å². The Balaban J connectivity index is 1.88. The van der Waals surface area contributed by atoms with Crippen molar-refractivity contribution in [3.63, 3.8) is 0 Å². The average molecular weight is 234 g/mol. The molecule has 0 atom stereocenters. The molecule has 1 aromatic carbocycles. The highest BCUT2D eigenvalue weighted by atomic mass is 16.5. The van der Waals surface area contributed by atoms with E-state index in [1.807, 2.05) is 0 Å². The molecule has 1 fully saturated rings. The van der Waals surface area contributed by atoms with Crippen molar-refractivity contribution in [1.29, 1.82) is 0 Å². The third-order valence-corrected chi connectivity index (χ3v) is 3.45. The van der Waals surface area contributed by atoms with Crippen LogP contribution in [-0.4, -0.2) is 17.7 Å². The first-order chi connectivity index (χ1) is 8.16. The van der Waals surface area contributed by atoms with Crippen LogP contribution in [0.2, 0.25) is 0 Å². The first-order valence-corrected chi connectivity index (χ1v) is 6.13. The fourth-order valence-corrected chi connectivity index (χ4v) is 2.09. The Morgan fingerprint density at radius 3 is 2.76 bits per heavy atom. The molecular formula is C14H18O3. The maximum atomic E-state index is 10.8. The molecule has 0 radical (unpaired) electrons. The fraction of sp³-hybridized carbons (Fsp3) is 0.500. The maximum Gasteiger partial charge on any atom is 0.335 e. The lowest BCUT2D eigenvalue weighted by atomic mass is 9.83. The minimum absolute atomic E-state index is 0.344. The van der Waals surface area contributed by atoms with Crippen LogP contribution in [0.4, 0.5) is 0 Å². The average Bonchev–Trinajstić information content (AvgIpc) is 2.21. The summed E-state index contributed by atoms with van der Waals surface area (Å²) in [7, 11) is 0. The number of aromatic carboxylic acids is 1. The van der Waals surface area contributed by atoms with Gasteiger partial charge in [0.2, 0.25) is 0 Å². The molecule has 0 amide bonds. The van der Waals surface area contributed by atoms with E-state index in [9.17, 15) is 4.79 Å². The summed E-state index contributed by atoms with van der Waals surface area (Å²) in [5.74, 6) is 0.727. The largest absolute Gasteiger partial charge is 0.494 e. The van der Waals surface area contributed by atoms with Gasteiger partial charge in [0.05, 0.1) is 12.2 Å². The number of rotatable bonds is 5. The molecule has 17 heavy (non-hydrogen) atoms. The summed E-state index contributed by atoms with van der Waals surface area (Å²) < 4.78 is 5.64. The normalized spacial score (nSPS) is 15.4. The lowest BCUT2D eigenvalue weighted by molar-refractivity contribution is 0.0696. The van der Waals surface area contributed by atoms with Gasteiger partial charge in [-0.3, -0.25) is 0 Å². The third-order valence-electron chi connectivity index (χ3n) is 3.45. The lowest BCUT2D eigenvalue weighted by Gasteiger charge is -2.25. The number of hydrogen-bond acceptors (Lipinski definition) is 2. The Hall–Kier alpha value is -1.51. The summed E-state index contributed by atoms with van der Waals surface area (Å²) in [5, 5.41) is 8.90. The summed E-state index contributed by atoms with van der Waals surface area (Å²) >= 11 is 0. The molecule has 3 nitrogen and oxygen atoms in total. The second-order valence-corrected chi connectivity index (χ2v) is 4.72. The molecular weight excluding hydrogens is 216 g/mol.